The van der Waals surface area contributed by atoms with Crippen LogP contribution in [0.2, 0.25) is 0 Å². The minimum Gasteiger partial charge on any atom is -0.465 e. The van der Waals surface area contributed by atoms with E-state index >= 15 is 4.39 Å². The number of hydrogen-bond acceptors (Lipinski definition) is 4. The highest BCUT2D eigenvalue weighted by atomic mass is 19.1. The van der Waals surface area contributed by atoms with Gasteiger partial charge in [-0.05, 0) is 68.1 Å². The summed E-state index contributed by atoms with van der Waals surface area (Å²) in [7, 11) is 1.53. The van der Waals surface area contributed by atoms with Crippen LogP contribution >= 0.6 is 0 Å². The number of carbonyl (C=O) groups is 2. The fourth-order valence-corrected chi connectivity index (χ4v) is 5.77. The molecule has 0 spiro atoms. The average Bonchev–Trinajstić information content (AvgIpc) is 2.95. The molecule has 1 heterocycles. The Morgan fingerprint density at radius 2 is 1.72 bits per heavy atom. The van der Waals surface area contributed by atoms with Crippen molar-refractivity contribution in [3.63, 3.8) is 0 Å². The lowest BCUT2D eigenvalue weighted by Gasteiger charge is -2.38. The lowest BCUT2D eigenvalue weighted by atomic mass is 9.72. The Labute approximate surface area is 228 Å². The molecule has 1 aromatic heterocycles. The Bertz CT molecular complexity index is 1320. The first-order valence-corrected chi connectivity index (χ1v) is 13.6. The summed E-state index contributed by atoms with van der Waals surface area (Å²) in [4.78, 5) is 30.1. The highest BCUT2D eigenvalue weighted by Crippen LogP contribution is 2.40. The van der Waals surface area contributed by atoms with Gasteiger partial charge >= 0.3 is 6.09 Å². The van der Waals surface area contributed by atoms with Gasteiger partial charge in [-0.2, -0.15) is 0 Å². The van der Waals surface area contributed by atoms with Gasteiger partial charge in [0.05, 0.1) is 17.6 Å². The Kier molecular flexibility index (Phi) is 7.66. The number of aromatic nitrogens is 1. The zero-order chi connectivity index (χ0) is 27.6. The molecular formula is C31H35FN4O3. The van der Waals surface area contributed by atoms with Crippen LogP contribution in [0.1, 0.15) is 50.5 Å². The summed E-state index contributed by atoms with van der Waals surface area (Å²) in [6.07, 6.45) is 4.03. The molecule has 0 radical (unpaired) electrons. The van der Waals surface area contributed by atoms with Gasteiger partial charge in [0, 0.05) is 29.8 Å². The fraction of sp³-hybridized carbons (Fsp3) is 0.387. The third kappa shape index (κ3) is 5.66. The van der Waals surface area contributed by atoms with Crippen LogP contribution in [0, 0.1) is 5.92 Å². The molecule has 7 nitrogen and oxygen atoms in total. The Morgan fingerprint density at radius 3 is 2.31 bits per heavy atom. The maximum Gasteiger partial charge on any atom is 0.407 e. The maximum absolute atomic E-state index is 15.2. The van der Waals surface area contributed by atoms with Gasteiger partial charge in [0.2, 0.25) is 0 Å². The number of carboxylic acid groups (broad SMARTS) is 1. The number of benzene rings is 2. The molecule has 2 aliphatic carbocycles. The third-order valence-electron chi connectivity index (χ3n) is 8.47. The zero-order valence-corrected chi connectivity index (χ0v) is 22.1. The molecule has 2 aliphatic rings. The third-order valence-corrected chi connectivity index (χ3v) is 8.47. The molecule has 1 unspecified atom stereocenters. The number of anilines is 1. The summed E-state index contributed by atoms with van der Waals surface area (Å²) < 4.78 is 15.2. The number of pyridine rings is 1. The number of halogens is 1. The number of hydrogen-bond donors (Lipinski definition) is 3. The number of carbonyl (C=O) groups excluding carboxylic acids is 1. The molecule has 4 N–H and O–H groups in total. The standard InChI is InChI=1S/C31H35FN4O3/c1-36(30(38)39)25-14-10-21(11-15-25)27(32)29(37)35-24-18-26(20-6-3-2-4-7-20)28(34-19-24)22-8-12-23(13-9-22)31(33)16-5-17-31/h2-4,6-9,12-13,18-19,21,25,27H,5,10-11,14-17,33H2,1H3,(H,35,37)(H,38,39)/t21-,25-,27?. The molecule has 2 fully saturated rings. The Morgan fingerprint density at radius 1 is 1.05 bits per heavy atom. The van der Waals surface area contributed by atoms with Crippen molar-refractivity contribution in [1.29, 1.82) is 0 Å². The minimum atomic E-state index is -1.68. The second-order valence-corrected chi connectivity index (χ2v) is 10.9. The van der Waals surface area contributed by atoms with Gasteiger partial charge in [0.1, 0.15) is 0 Å². The Balaban J connectivity index is 1.33. The van der Waals surface area contributed by atoms with Crippen LogP contribution < -0.4 is 11.1 Å². The van der Waals surface area contributed by atoms with Gasteiger partial charge in [-0.1, -0.05) is 54.6 Å². The summed E-state index contributed by atoms with van der Waals surface area (Å²) in [5.74, 6) is -1.14. The van der Waals surface area contributed by atoms with E-state index in [1.165, 1.54) is 11.9 Å². The van der Waals surface area contributed by atoms with E-state index in [1.807, 2.05) is 48.5 Å². The van der Waals surface area contributed by atoms with Crippen molar-refractivity contribution < 1.29 is 19.1 Å². The van der Waals surface area contributed by atoms with Crippen molar-refractivity contribution in [2.45, 2.75) is 62.7 Å². The van der Waals surface area contributed by atoms with E-state index in [0.717, 1.165) is 47.2 Å². The van der Waals surface area contributed by atoms with Gasteiger partial charge in [-0.3, -0.25) is 9.78 Å². The summed E-state index contributed by atoms with van der Waals surface area (Å²) in [6, 6.07) is 19.7. The van der Waals surface area contributed by atoms with E-state index in [-0.39, 0.29) is 11.6 Å². The number of nitrogens with zero attached hydrogens (tertiary/aromatic N) is 2. The highest BCUT2D eigenvalue weighted by Gasteiger charge is 2.35. The topological polar surface area (TPSA) is 109 Å². The van der Waals surface area contributed by atoms with Crippen molar-refractivity contribution in [1.82, 2.24) is 9.88 Å². The monoisotopic (exact) mass is 530 g/mol. The van der Waals surface area contributed by atoms with E-state index in [4.69, 9.17) is 10.7 Å². The first-order chi connectivity index (χ1) is 18.7. The SMILES string of the molecule is CN(C(=O)O)[C@H]1CC[C@H](C(F)C(=O)Nc2cnc(-c3ccc(C4(N)CCC4)cc3)c(-c3ccccc3)c2)CC1. The van der Waals surface area contributed by atoms with Crippen molar-refractivity contribution >= 4 is 17.7 Å². The van der Waals surface area contributed by atoms with Crippen molar-refractivity contribution in [2.75, 3.05) is 12.4 Å². The second kappa shape index (κ2) is 11.1. The van der Waals surface area contributed by atoms with Gasteiger partial charge in [0.15, 0.2) is 6.17 Å². The molecule has 8 heteroatoms. The summed E-state index contributed by atoms with van der Waals surface area (Å²) >= 11 is 0. The van der Waals surface area contributed by atoms with E-state index in [0.29, 0.717) is 31.4 Å². The van der Waals surface area contributed by atoms with Gasteiger partial charge < -0.3 is 21.1 Å². The van der Waals surface area contributed by atoms with Crippen LogP contribution in [0.15, 0.2) is 66.9 Å². The van der Waals surface area contributed by atoms with Crippen LogP contribution in [0.25, 0.3) is 22.4 Å². The lowest BCUT2D eigenvalue weighted by Crippen LogP contribution is -2.43. The van der Waals surface area contributed by atoms with E-state index < -0.39 is 24.1 Å². The molecule has 5 rings (SSSR count). The predicted octanol–water partition coefficient (Wildman–Crippen LogP) is 6.20. The first kappa shape index (κ1) is 26.8. The summed E-state index contributed by atoms with van der Waals surface area (Å²) in [5, 5.41) is 11.9. The zero-order valence-electron chi connectivity index (χ0n) is 22.1. The molecule has 0 aliphatic heterocycles. The summed E-state index contributed by atoms with van der Waals surface area (Å²) in [6.45, 7) is 0. The molecule has 204 valence electrons. The number of nitrogens with one attached hydrogen (secondary N) is 1. The van der Waals surface area contributed by atoms with Gasteiger partial charge in [-0.25, -0.2) is 9.18 Å². The van der Waals surface area contributed by atoms with Crippen molar-refractivity contribution in [3.8, 4) is 22.4 Å². The van der Waals surface area contributed by atoms with Crippen molar-refractivity contribution in [3.05, 3.63) is 72.4 Å². The van der Waals surface area contributed by atoms with Crippen LogP contribution in [0.5, 0.6) is 0 Å². The number of alkyl halides is 1. The van der Waals surface area contributed by atoms with E-state index in [1.54, 1.807) is 6.20 Å². The smallest absolute Gasteiger partial charge is 0.407 e. The second-order valence-electron chi connectivity index (χ2n) is 10.9. The summed E-state index contributed by atoms with van der Waals surface area (Å²) in [5.41, 5.74) is 11.3. The number of amides is 2. The average molecular weight is 531 g/mol. The van der Waals surface area contributed by atoms with Gasteiger partial charge in [-0.15, -0.1) is 0 Å². The van der Waals surface area contributed by atoms with Crippen LogP contribution in [0.3, 0.4) is 0 Å². The molecule has 2 saturated carbocycles. The largest absolute Gasteiger partial charge is 0.465 e. The predicted molar refractivity (Wildman–Crippen MR) is 150 cm³/mol. The van der Waals surface area contributed by atoms with Crippen LogP contribution in [-0.2, 0) is 10.3 Å². The van der Waals surface area contributed by atoms with Crippen LogP contribution in [-0.4, -0.2) is 46.3 Å². The first-order valence-electron chi connectivity index (χ1n) is 13.6. The molecule has 0 bridgehead atoms. The molecular weight excluding hydrogens is 495 g/mol. The van der Waals surface area contributed by atoms with E-state index in [2.05, 4.69) is 17.4 Å². The molecule has 0 saturated heterocycles. The number of nitrogens with two attached hydrogens (primary N) is 1. The minimum absolute atomic E-state index is 0.141. The molecule has 3 aromatic rings. The maximum atomic E-state index is 15.2. The lowest BCUT2D eigenvalue weighted by molar-refractivity contribution is -0.123. The molecule has 2 aromatic carbocycles. The normalized spacial score (nSPS) is 20.9. The molecule has 1 atom stereocenters. The quantitative estimate of drug-likeness (QED) is 0.337. The van der Waals surface area contributed by atoms with Crippen molar-refractivity contribution in [2.24, 2.45) is 11.7 Å². The Hall–Kier alpha value is -3.78. The van der Waals surface area contributed by atoms with Crippen LogP contribution in [0.4, 0.5) is 14.9 Å². The number of rotatable bonds is 7. The fourth-order valence-electron chi connectivity index (χ4n) is 5.77. The molecule has 39 heavy (non-hydrogen) atoms. The highest BCUT2D eigenvalue weighted by molar-refractivity contribution is 5.95. The molecule has 2 amide bonds. The van der Waals surface area contributed by atoms with E-state index in [9.17, 15) is 14.7 Å². The van der Waals surface area contributed by atoms with Gasteiger partial charge in [0.25, 0.3) is 5.91 Å².